The number of aromatic hydroxyl groups is 1. The van der Waals surface area contributed by atoms with Crippen LogP contribution in [0.3, 0.4) is 0 Å². The SMILES string of the molecule is CC(C)(NC(=O)O[C@@H]1CN2CCC1CC2)c1csc(-c2cccc(O)c2)n1. The van der Waals surface area contributed by atoms with Crippen LogP contribution in [0.5, 0.6) is 5.75 Å². The summed E-state index contributed by atoms with van der Waals surface area (Å²) in [4.78, 5) is 19.5. The number of hydrogen-bond donors (Lipinski definition) is 2. The van der Waals surface area contributed by atoms with Crippen molar-refractivity contribution in [3.63, 3.8) is 0 Å². The number of aromatic nitrogens is 1. The highest BCUT2D eigenvalue weighted by Gasteiger charge is 2.37. The molecule has 6 nitrogen and oxygen atoms in total. The van der Waals surface area contributed by atoms with Gasteiger partial charge in [0.1, 0.15) is 16.9 Å². The second-order valence-electron chi connectivity index (χ2n) is 7.92. The molecule has 3 saturated heterocycles. The zero-order valence-corrected chi connectivity index (χ0v) is 16.5. The van der Waals surface area contributed by atoms with Crippen LogP contribution in [0.2, 0.25) is 0 Å². The van der Waals surface area contributed by atoms with Crippen LogP contribution in [-0.4, -0.2) is 46.8 Å². The van der Waals surface area contributed by atoms with Gasteiger partial charge < -0.3 is 15.2 Å². The average molecular weight is 388 g/mol. The average Bonchev–Trinajstić information content (AvgIpc) is 3.13. The van der Waals surface area contributed by atoms with E-state index >= 15 is 0 Å². The van der Waals surface area contributed by atoms with Crippen molar-refractivity contribution in [1.29, 1.82) is 0 Å². The molecule has 1 atom stereocenters. The van der Waals surface area contributed by atoms with Gasteiger partial charge >= 0.3 is 6.09 Å². The van der Waals surface area contributed by atoms with Crippen LogP contribution >= 0.6 is 11.3 Å². The maximum absolute atomic E-state index is 12.5. The lowest BCUT2D eigenvalue weighted by molar-refractivity contribution is -0.0350. The Morgan fingerprint density at radius 2 is 2.15 bits per heavy atom. The molecule has 2 N–H and O–H groups in total. The minimum Gasteiger partial charge on any atom is -0.508 e. The predicted molar refractivity (Wildman–Crippen MR) is 105 cm³/mol. The fourth-order valence-electron chi connectivity index (χ4n) is 3.86. The Morgan fingerprint density at radius 3 is 2.81 bits per heavy atom. The zero-order chi connectivity index (χ0) is 19.0. The molecule has 144 valence electrons. The van der Waals surface area contributed by atoms with Gasteiger partial charge in [-0.3, -0.25) is 4.90 Å². The van der Waals surface area contributed by atoms with Gasteiger partial charge in [-0.15, -0.1) is 11.3 Å². The molecule has 0 aliphatic carbocycles. The lowest BCUT2D eigenvalue weighted by Gasteiger charge is -2.44. The molecular weight excluding hydrogens is 362 g/mol. The van der Waals surface area contributed by atoms with E-state index in [-0.39, 0.29) is 17.9 Å². The molecule has 2 bridgehead atoms. The van der Waals surface area contributed by atoms with E-state index in [0.717, 1.165) is 48.7 Å². The summed E-state index contributed by atoms with van der Waals surface area (Å²) >= 11 is 1.49. The summed E-state index contributed by atoms with van der Waals surface area (Å²) in [5.74, 6) is 0.697. The lowest BCUT2D eigenvalue weighted by atomic mass is 9.86. The summed E-state index contributed by atoms with van der Waals surface area (Å²) < 4.78 is 5.74. The quantitative estimate of drug-likeness (QED) is 0.839. The number of thiazole rings is 1. The van der Waals surface area contributed by atoms with E-state index in [1.807, 2.05) is 25.3 Å². The van der Waals surface area contributed by atoms with E-state index in [4.69, 9.17) is 4.74 Å². The molecule has 2 aromatic rings. The van der Waals surface area contributed by atoms with Crippen molar-refractivity contribution in [3.05, 3.63) is 35.3 Å². The van der Waals surface area contributed by atoms with Gasteiger partial charge in [-0.2, -0.15) is 0 Å². The number of rotatable bonds is 4. The van der Waals surface area contributed by atoms with Crippen molar-refractivity contribution in [3.8, 4) is 16.3 Å². The van der Waals surface area contributed by atoms with Crippen LogP contribution < -0.4 is 5.32 Å². The first-order valence-electron chi connectivity index (χ1n) is 9.37. The molecule has 3 aliphatic heterocycles. The number of hydrogen-bond acceptors (Lipinski definition) is 6. The molecule has 5 rings (SSSR count). The van der Waals surface area contributed by atoms with Gasteiger partial charge in [-0.25, -0.2) is 9.78 Å². The lowest BCUT2D eigenvalue weighted by Crippen LogP contribution is -2.53. The Bertz CT molecular complexity index is 827. The number of fused-ring (bicyclic) bond motifs is 3. The molecular formula is C20H25N3O3S. The number of carbonyl (C=O) groups is 1. The minimum absolute atomic E-state index is 0.0124. The van der Waals surface area contributed by atoms with Crippen LogP contribution in [0.4, 0.5) is 4.79 Å². The number of benzene rings is 1. The van der Waals surface area contributed by atoms with Crippen LogP contribution in [0.25, 0.3) is 10.6 Å². The smallest absolute Gasteiger partial charge is 0.408 e. The number of nitrogens with zero attached hydrogens (tertiary/aromatic N) is 2. The predicted octanol–water partition coefficient (Wildman–Crippen LogP) is 3.57. The van der Waals surface area contributed by atoms with E-state index < -0.39 is 5.54 Å². The summed E-state index contributed by atoms with van der Waals surface area (Å²) in [6.45, 7) is 6.93. The van der Waals surface area contributed by atoms with Crippen LogP contribution in [0, 0.1) is 5.92 Å². The molecule has 4 heterocycles. The van der Waals surface area contributed by atoms with Gasteiger partial charge in [0, 0.05) is 17.5 Å². The second-order valence-corrected chi connectivity index (χ2v) is 8.78. The second kappa shape index (κ2) is 7.13. The Hall–Kier alpha value is -2.12. The molecule has 0 saturated carbocycles. The molecule has 3 aliphatic rings. The highest BCUT2D eigenvalue weighted by Crippen LogP contribution is 2.32. The highest BCUT2D eigenvalue weighted by atomic mass is 32.1. The number of alkyl carbamates (subject to hydrolysis) is 1. The number of phenols is 1. The number of ether oxygens (including phenoxy) is 1. The maximum atomic E-state index is 12.5. The fourth-order valence-corrected chi connectivity index (χ4v) is 4.85. The van der Waals surface area contributed by atoms with Crippen molar-refractivity contribution >= 4 is 17.4 Å². The Kier molecular flexibility index (Phi) is 4.82. The number of carbonyl (C=O) groups excluding carboxylic acids is 1. The van der Waals surface area contributed by atoms with Crippen molar-refractivity contribution in [1.82, 2.24) is 15.2 Å². The summed E-state index contributed by atoms with van der Waals surface area (Å²) in [5.41, 5.74) is 0.991. The largest absolute Gasteiger partial charge is 0.508 e. The summed E-state index contributed by atoms with van der Waals surface area (Å²) in [5, 5.41) is 15.4. The van der Waals surface area contributed by atoms with Crippen LogP contribution in [-0.2, 0) is 10.3 Å². The molecule has 1 aromatic carbocycles. The van der Waals surface area contributed by atoms with Gasteiger partial charge in [0.25, 0.3) is 0 Å². The van der Waals surface area contributed by atoms with Crippen molar-refractivity contribution in [2.24, 2.45) is 5.92 Å². The first kappa shape index (κ1) is 18.3. The summed E-state index contributed by atoms with van der Waals surface area (Å²) in [7, 11) is 0. The third kappa shape index (κ3) is 3.94. The van der Waals surface area contributed by atoms with Gasteiger partial charge in [-0.05, 0) is 57.8 Å². The molecule has 0 radical (unpaired) electrons. The first-order valence-corrected chi connectivity index (χ1v) is 10.3. The highest BCUT2D eigenvalue weighted by molar-refractivity contribution is 7.13. The van der Waals surface area contributed by atoms with E-state index in [2.05, 4.69) is 15.2 Å². The number of phenolic OH excluding ortho intramolecular Hbond substituents is 1. The monoisotopic (exact) mass is 387 g/mol. The Balaban J connectivity index is 1.41. The van der Waals surface area contributed by atoms with Crippen LogP contribution in [0.1, 0.15) is 32.4 Å². The van der Waals surface area contributed by atoms with Crippen molar-refractivity contribution in [2.45, 2.75) is 38.3 Å². The molecule has 27 heavy (non-hydrogen) atoms. The number of amides is 1. The van der Waals surface area contributed by atoms with Gasteiger partial charge in [0.2, 0.25) is 0 Å². The molecule has 7 heteroatoms. The normalized spacial score (nSPS) is 24.6. The fraction of sp³-hybridized carbons (Fsp3) is 0.500. The molecule has 0 spiro atoms. The maximum Gasteiger partial charge on any atom is 0.408 e. The Morgan fingerprint density at radius 1 is 1.37 bits per heavy atom. The summed E-state index contributed by atoms with van der Waals surface area (Å²) in [6, 6.07) is 7.02. The first-order chi connectivity index (χ1) is 12.9. The van der Waals surface area contributed by atoms with Crippen molar-refractivity contribution in [2.75, 3.05) is 19.6 Å². The van der Waals surface area contributed by atoms with E-state index in [1.54, 1.807) is 18.2 Å². The third-order valence-corrected chi connectivity index (χ3v) is 6.40. The van der Waals surface area contributed by atoms with Gasteiger partial charge in [0.05, 0.1) is 11.2 Å². The van der Waals surface area contributed by atoms with Gasteiger partial charge in [-0.1, -0.05) is 12.1 Å². The molecule has 1 aromatic heterocycles. The van der Waals surface area contributed by atoms with E-state index in [1.165, 1.54) is 11.3 Å². The van der Waals surface area contributed by atoms with E-state index in [9.17, 15) is 9.90 Å². The summed E-state index contributed by atoms with van der Waals surface area (Å²) in [6.07, 6.45) is 1.83. The zero-order valence-electron chi connectivity index (χ0n) is 15.6. The van der Waals surface area contributed by atoms with Crippen LogP contribution in [0.15, 0.2) is 29.6 Å². The van der Waals surface area contributed by atoms with Gasteiger partial charge in [0.15, 0.2) is 0 Å². The standard InChI is InChI=1S/C20H25N3O3S/c1-20(2,17-12-27-18(21-17)14-4-3-5-15(24)10-14)22-19(25)26-16-11-23-8-6-13(16)7-9-23/h3-5,10,12-13,16,24H,6-9,11H2,1-2H3,(H,22,25)/t16-/m1/s1. The third-order valence-electron chi connectivity index (χ3n) is 5.51. The topological polar surface area (TPSA) is 74.7 Å². The Labute approximate surface area is 163 Å². The molecule has 0 unspecified atom stereocenters. The number of piperidine rings is 3. The van der Waals surface area contributed by atoms with E-state index in [0.29, 0.717) is 5.92 Å². The van der Waals surface area contributed by atoms with Crippen molar-refractivity contribution < 1.29 is 14.6 Å². The molecule has 1 amide bonds. The molecule has 3 fully saturated rings. The minimum atomic E-state index is -0.642. The number of nitrogens with one attached hydrogen (secondary N) is 1.